The highest BCUT2D eigenvalue weighted by molar-refractivity contribution is 5.82. The largest absolute Gasteiger partial charge is 0.348 e. The number of aromatic nitrogens is 3. The summed E-state index contributed by atoms with van der Waals surface area (Å²) in [6.45, 7) is 2.48. The third-order valence-electron chi connectivity index (χ3n) is 4.05. The van der Waals surface area contributed by atoms with Gasteiger partial charge in [-0.2, -0.15) is 0 Å². The van der Waals surface area contributed by atoms with Crippen LogP contribution in [0.4, 0.5) is 0 Å². The fraction of sp³-hybridized carbons (Fsp3) is 0.500. The molecule has 1 saturated carbocycles. The molecule has 3 rings (SSSR count). The molecule has 2 heterocycles. The molecule has 0 bridgehead atoms. The van der Waals surface area contributed by atoms with Gasteiger partial charge >= 0.3 is 0 Å². The van der Waals surface area contributed by atoms with Crippen LogP contribution < -0.4 is 5.32 Å². The van der Waals surface area contributed by atoms with E-state index in [4.69, 9.17) is 0 Å². The van der Waals surface area contributed by atoms with Gasteiger partial charge in [0.1, 0.15) is 0 Å². The van der Waals surface area contributed by atoms with Crippen LogP contribution in [0.3, 0.4) is 0 Å². The Kier molecular flexibility index (Phi) is 2.97. The first-order valence-corrected chi connectivity index (χ1v) is 6.76. The summed E-state index contributed by atoms with van der Waals surface area (Å²) in [6, 6.07) is 5.75. The fourth-order valence-electron chi connectivity index (χ4n) is 2.77. The molecule has 100 valence electrons. The number of fused-ring (bicyclic) bond motifs is 1. The van der Waals surface area contributed by atoms with E-state index < -0.39 is 0 Å². The molecule has 19 heavy (non-hydrogen) atoms. The van der Waals surface area contributed by atoms with Gasteiger partial charge in [0.2, 0.25) is 5.91 Å². The SMILES string of the molecule is CC1(C(=O)NCc2nnc3ccccn23)CCCC1. The number of nitrogens with one attached hydrogen (secondary N) is 1. The highest BCUT2D eigenvalue weighted by atomic mass is 16.2. The molecule has 0 spiro atoms. The van der Waals surface area contributed by atoms with Crippen molar-refractivity contribution in [3.05, 3.63) is 30.2 Å². The quantitative estimate of drug-likeness (QED) is 0.915. The van der Waals surface area contributed by atoms with Gasteiger partial charge in [-0.15, -0.1) is 10.2 Å². The van der Waals surface area contributed by atoms with Crippen molar-refractivity contribution in [2.45, 2.75) is 39.2 Å². The van der Waals surface area contributed by atoms with Gasteiger partial charge in [-0.05, 0) is 25.0 Å². The third-order valence-corrected chi connectivity index (χ3v) is 4.05. The molecule has 1 N–H and O–H groups in total. The molecule has 0 radical (unpaired) electrons. The van der Waals surface area contributed by atoms with Crippen molar-refractivity contribution in [3.63, 3.8) is 0 Å². The maximum Gasteiger partial charge on any atom is 0.226 e. The second-order valence-electron chi connectivity index (χ2n) is 5.50. The van der Waals surface area contributed by atoms with E-state index in [2.05, 4.69) is 22.4 Å². The Morgan fingerprint density at radius 2 is 2.16 bits per heavy atom. The van der Waals surface area contributed by atoms with E-state index in [0.29, 0.717) is 6.54 Å². The molecule has 1 aliphatic rings. The Balaban J connectivity index is 1.71. The summed E-state index contributed by atoms with van der Waals surface area (Å²) in [5, 5.41) is 11.2. The van der Waals surface area contributed by atoms with Crippen LogP contribution in [0.5, 0.6) is 0 Å². The predicted molar refractivity (Wildman–Crippen MR) is 71.4 cm³/mol. The van der Waals surface area contributed by atoms with Crippen LogP contribution in [0, 0.1) is 5.41 Å². The summed E-state index contributed by atoms with van der Waals surface area (Å²) in [4.78, 5) is 12.2. The van der Waals surface area contributed by atoms with E-state index in [9.17, 15) is 4.79 Å². The minimum atomic E-state index is -0.194. The van der Waals surface area contributed by atoms with Crippen molar-refractivity contribution in [2.75, 3.05) is 0 Å². The minimum absolute atomic E-state index is 0.137. The first kappa shape index (κ1) is 12.1. The van der Waals surface area contributed by atoms with Gasteiger partial charge in [0.15, 0.2) is 11.5 Å². The van der Waals surface area contributed by atoms with Gasteiger partial charge in [-0.1, -0.05) is 25.8 Å². The molecule has 0 atom stereocenters. The number of pyridine rings is 1. The van der Waals surface area contributed by atoms with Crippen LogP contribution in [0.1, 0.15) is 38.4 Å². The normalized spacial score (nSPS) is 17.7. The second-order valence-corrected chi connectivity index (χ2v) is 5.50. The average molecular weight is 258 g/mol. The summed E-state index contributed by atoms with van der Waals surface area (Å²) in [5.41, 5.74) is 0.611. The third kappa shape index (κ3) is 2.20. The molecule has 1 aliphatic carbocycles. The zero-order valence-corrected chi connectivity index (χ0v) is 11.1. The van der Waals surface area contributed by atoms with Crippen molar-refractivity contribution in [3.8, 4) is 0 Å². The maximum absolute atomic E-state index is 12.2. The van der Waals surface area contributed by atoms with Gasteiger partial charge in [-0.3, -0.25) is 9.20 Å². The lowest BCUT2D eigenvalue weighted by molar-refractivity contribution is -0.130. The highest BCUT2D eigenvalue weighted by Crippen LogP contribution is 2.37. The number of hydrogen-bond acceptors (Lipinski definition) is 3. The molecule has 1 amide bonds. The van der Waals surface area contributed by atoms with Crippen molar-refractivity contribution in [1.29, 1.82) is 0 Å². The van der Waals surface area contributed by atoms with Crippen LogP contribution in [-0.4, -0.2) is 20.5 Å². The van der Waals surface area contributed by atoms with Gasteiger partial charge in [-0.25, -0.2) is 0 Å². The number of carbonyl (C=O) groups excluding carboxylic acids is 1. The number of amides is 1. The van der Waals surface area contributed by atoms with E-state index in [1.54, 1.807) is 0 Å². The zero-order chi connectivity index (χ0) is 13.3. The Bertz CT molecular complexity index is 598. The minimum Gasteiger partial charge on any atom is -0.348 e. The second kappa shape index (κ2) is 4.64. The van der Waals surface area contributed by atoms with Gasteiger partial charge in [0.05, 0.1) is 6.54 Å². The van der Waals surface area contributed by atoms with E-state index >= 15 is 0 Å². The molecule has 0 aliphatic heterocycles. The zero-order valence-electron chi connectivity index (χ0n) is 11.1. The first-order chi connectivity index (χ1) is 9.19. The number of hydrogen-bond donors (Lipinski definition) is 1. The van der Waals surface area contributed by atoms with Crippen LogP contribution in [0.2, 0.25) is 0 Å². The number of carbonyl (C=O) groups is 1. The highest BCUT2D eigenvalue weighted by Gasteiger charge is 2.35. The van der Waals surface area contributed by atoms with E-state index in [1.807, 2.05) is 28.8 Å². The smallest absolute Gasteiger partial charge is 0.226 e. The molecule has 5 nitrogen and oxygen atoms in total. The van der Waals surface area contributed by atoms with Crippen LogP contribution in [0.25, 0.3) is 5.65 Å². The summed E-state index contributed by atoms with van der Waals surface area (Å²) in [6.07, 6.45) is 6.18. The Morgan fingerprint density at radius 3 is 2.95 bits per heavy atom. The van der Waals surface area contributed by atoms with Crippen molar-refractivity contribution < 1.29 is 4.79 Å². The van der Waals surface area contributed by atoms with Crippen molar-refractivity contribution >= 4 is 11.6 Å². The summed E-state index contributed by atoms with van der Waals surface area (Å²) < 4.78 is 1.90. The van der Waals surface area contributed by atoms with Crippen LogP contribution >= 0.6 is 0 Å². The molecule has 0 unspecified atom stereocenters. The van der Waals surface area contributed by atoms with E-state index in [1.165, 1.54) is 0 Å². The Morgan fingerprint density at radius 1 is 1.37 bits per heavy atom. The monoisotopic (exact) mass is 258 g/mol. The first-order valence-electron chi connectivity index (χ1n) is 6.76. The van der Waals surface area contributed by atoms with Crippen LogP contribution in [0.15, 0.2) is 24.4 Å². The van der Waals surface area contributed by atoms with E-state index in [0.717, 1.165) is 37.2 Å². The van der Waals surface area contributed by atoms with Crippen molar-refractivity contribution in [1.82, 2.24) is 19.9 Å². The predicted octanol–water partition coefficient (Wildman–Crippen LogP) is 1.93. The summed E-state index contributed by atoms with van der Waals surface area (Å²) in [7, 11) is 0. The lowest BCUT2D eigenvalue weighted by Crippen LogP contribution is -2.37. The van der Waals surface area contributed by atoms with Gasteiger partial charge in [0, 0.05) is 11.6 Å². The van der Waals surface area contributed by atoms with E-state index in [-0.39, 0.29) is 11.3 Å². The Hall–Kier alpha value is -1.91. The Labute approximate surface area is 112 Å². The molecule has 0 aromatic carbocycles. The summed E-state index contributed by atoms with van der Waals surface area (Å²) in [5.74, 6) is 0.906. The fourth-order valence-corrected chi connectivity index (χ4v) is 2.77. The topological polar surface area (TPSA) is 59.3 Å². The van der Waals surface area contributed by atoms with Crippen molar-refractivity contribution in [2.24, 2.45) is 5.41 Å². The molecule has 5 heteroatoms. The lowest BCUT2D eigenvalue weighted by atomic mass is 9.88. The average Bonchev–Trinajstić information content (AvgIpc) is 3.03. The van der Waals surface area contributed by atoms with Gasteiger partial charge in [0.25, 0.3) is 0 Å². The molecular weight excluding hydrogens is 240 g/mol. The standard InChI is InChI=1S/C14H18N4O/c1-14(7-3-4-8-14)13(19)15-10-12-17-16-11-6-2-5-9-18(11)12/h2,5-6,9H,3-4,7-8,10H2,1H3,(H,15,19). The van der Waals surface area contributed by atoms with Gasteiger partial charge < -0.3 is 5.32 Å². The summed E-state index contributed by atoms with van der Waals surface area (Å²) >= 11 is 0. The molecular formula is C14H18N4O. The maximum atomic E-state index is 12.2. The molecule has 2 aromatic heterocycles. The molecule has 1 fully saturated rings. The molecule has 2 aromatic rings. The lowest BCUT2D eigenvalue weighted by Gasteiger charge is -2.21. The molecule has 0 saturated heterocycles. The number of nitrogens with zero attached hydrogens (tertiary/aromatic N) is 3. The number of rotatable bonds is 3. The van der Waals surface area contributed by atoms with Crippen LogP contribution in [-0.2, 0) is 11.3 Å².